The topological polar surface area (TPSA) is 28.0 Å². The lowest BCUT2D eigenvalue weighted by molar-refractivity contribution is 0.410. The number of hydrogen-bond acceptors (Lipinski definition) is 3. The van der Waals surface area contributed by atoms with Crippen molar-refractivity contribution >= 4 is 27.9 Å². The van der Waals surface area contributed by atoms with E-state index in [0.717, 1.165) is 29.2 Å². The Morgan fingerprint density at radius 3 is 2.12 bits per heavy atom. The van der Waals surface area contributed by atoms with E-state index in [4.69, 9.17) is 4.99 Å². The van der Waals surface area contributed by atoms with E-state index in [-0.39, 0.29) is 0 Å². The predicted molar refractivity (Wildman–Crippen MR) is 145 cm³/mol. The van der Waals surface area contributed by atoms with Crippen molar-refractivity contribution in [3.63, 3.8) is 0 Å². The predicted octanol–water partition coefficient (Wildman–Crippen LogP) is 7.89. The molecule has 3 rings (SSSR count). The molecule has 0 spiro atoms. The summed E-state index contributed by atoms with van der Waals surface area (Å²) in [5, 5.41) is 1.18. The van der Waals surface area contributed by atoms with E-state index < -0.39 is 0 Å². The minimum atomic E-state index is 0.422. The summed E-state index contributed by atoms with van der Waals surface area (Å²) in [7, 11) is 1.82. The fourth-order valence-electron chi connectivity index (χ4n) is 3.88. The molecular formula is C28H39N3S. The van der Waals surface area contributed by atoms with Crippen LogP contribution in [-0.2, 0) is 0 Å². The first-order valence-electron chi connectivity index (χ1n) is 11.1. The number of aryl methyl sites for hydroxylation is 2. The Bertz CT molecular complexity index is 1040. The van der Waals surface area contributed by atoms with Gasteiger partial charge in [0, 0.05) is 28.7 Å². The van der Waals surface area contributed by atoms with Crippen molar-refractivity contribution in [1.29, 1.82) is 0 Å². The molecule has 0 saturated heterocycles. The zero-order chi connectivity index (χ0) is 24.2. The summed E-state index contributed by atoms with van der Waals surface area (Å²) in [6.07, 6.45) is 1.13. The molecule has 32 heavy (non-hydrogen) atoms. The Morgan fingerprint density at radius 1 is 1.09 bits per heavy atom. The zero-order valence-corrected chi connectivity index (χ0v) is 22.2. The highest BCUT2D eigenvalue weighted by molar-refractivity contribution is 7.17. The van der Waals surface area contributed by atoms with Crippen molar-refractivity contribution < 1.29 is 0 Å². The van der Waals surface area contributed by atoms with Crippen molar-refractivity contribution in [2.24, 2.45) is 15.4 Å². The summed E-state index contributed by atoms with van der Waals surface area (Å²) in [5.41, 5.74) is 8.63. The summed E-state index contributed by atoms with van der Waals surface area (Å²) >= 11 is 1.79. The van der Waals surface area contributed by atoms with Crippen molar-refractivity contribution in [3.8, 4) is 0 Å². The van der Waals surface area contributed by atoms with Gasteiger partial charge in [0.15, 0.2) is 0 Å². The molecule has 0 N–H and O–H groups in total. The first-order valence-corrected chi connectivity index (χ1v) is 11.9. The number of thiophene rings is 1. The van der Waals surface area contributed by atoms with Crippen LogP contribution in [0.5, 0.6) is 0 Å². The fourth-order valence-corrected chi connectivity index (χ4v) is 5.13. The van der Waals surface area contributed by atoms with Gasteiger partial charge in [-0.3, -0.25) is 14.9 Å². The first kappa shape index (κ1) is 25.8. The van der Waals surface area contributed by atoms with Crippen LogP contribution in [0, 0.1) is 26.2 Å². The second-order valence-corrected chi connectivity index (χ2v) is 11.1. The maximum absolute atomic E-state index is 4.93. The molecule has 0 radical (unpaired) electrons. The van der Waals surface area contributed by atoms with E-state index in [1.807, 2.05) is 14.0 Å². The van der Waals surface area contributed by atoms with Gasteiger partial charge in [-0.2, -0.15) is 0 Å². The van der Waals surface area contributed by atoms with E-state index in [2.05, 4.69) is 95.8 Å². The van der Waals surface area contributed by atoms with E-state index in [1.54, 1.807) is 11.3 Å². The normalized spacial score (nSPS) is 14.8. The van der Waals surface area contributed by atoms with Gasteiger partial charge in [-0.05, 0) is 52.0 Å². The van der Waals surface area contributed by atoms with Crippen LogP contribution in [0.15, 0.2) is 58.7 Å². The monoisotopic (exact) mass is 449 g/mol. The molecule has 1 aliphatic rings. The quantitative estimate of drug-likeness (QED) is 0.438. The lowest BCUT2D eigenvalue weighted by Gasteiger charge is -2.23. The fraction of sp³-hybridized carbons (Fsp3) is 0.429. The average Bonchev–Trinajstić information content (AvgIpc) is 2.85. The summed E-state index contributed by atoms with van der Waals surface area (Å²) in [6, 6.07) is 8.60. The summed E-state index contributed by atoms with van der Waals surface area (Å²) in [4.78, 5) is 12.9. The van der Waals surface area contributed by atoms with Crippen LogP contribution in [0.25, 0.3) is 0 Å². The molecule has 3 nitrogen and oxygen atoms in total. The maximum atomic E-state index is 4.93. The third kappa shape index (κ3) is 6.29. The number of allylic oxidation sites excluding steroid dienone is 2. The van der Waals surface area contributed by atoms with Gasteiger partial charge in [0.1, 0.15) is 10.8 Å². The van der Waals surface area contributed by atoms with Crippen molar-refractivity contribution in [2.45, 2.75) is 61.8 Å². The average molecular weight is 450 g/mol. The molecule has 0 saturated carbocycles. The number of fused-ring (bicyclic) bond motifs is 1. The van der Waals surface area contributed by atoms with Gasteiger partial charge in [0.2, 0.25) is 0 Å². The lowest BCUT2D eigenvalue weighted by atomic mass is 9.89. The van der Waals surface area contributed by atoms with Crippen LogP contribution in [0.4, 0.5) is 5.00 Å². The highest BCUT2D eigenvalue weighted by Crippen LogP contribution is 2.40. The number of hydrogen-bond donors (Lipinski definition) is 0. The van der Waals surface area contributed by atoms with Crippen molar-refractivity contribution in [2.75, 3.05) is 18.5 Å². The Hall–Kier alpha value is -2.46. The molecule has 0 amide bonds. The Balaban J connectivity index is 0.000000390. The van der Waals surface area contributed by atoms with E-state index in [9.17, 15) is 0 Å². The molecule has 2 heterocycles. The highest BCUT2D eigenvalue weighted by Gasteiger charge is 2.28. The second kappa shape index (κ2) is 10.4. The Morgan fingerprint density at radius 2 is 1.69 bits per heavy atom. The second-order valence-electron chi connectivity index (χ2n) is 9.90. The SMILES string of the molecule is C=C(C)CC(C)(C)C.C=C(C)N1C(=NC)CN=C(c2ccc(C)cc2)c2c1sc(C)c2C. The van der Waals surface area contributed by atoms with Crippen LogP contribution in [0.3, 0.4) is 0 Å². The molecule has 0 unspecified atom stereocenters. The first-order chi connectivity index (χ1) is 14.9. The van der Waals surface area contributed by atoms with E-state index in [0.29, 0.717) is 12.0 Å². The van der Waals surface area contributed by atoms with E-state index in [1.165, 1.54) is 32.1 Å². The molecule has 2 aromatic rings. The maximum Gasteiger partial charge on any atom is 0.130 e. The molecule has 0 fully saturated rings. The largest absolute Gasteiger partial charge is 0.292 e. The van der Waals surface area contributed by atoms with Crippen molar-refractivity contribution in [1.82, 2.24) is 0 Å². The molecule has 4 heteroatoms. The van der Waals surface area contributed by atoms with Gasteiger partial charge in [0.05, 0.1) is 12.3 Å². The zero-order valence-electron chi connectivity index (χ0n) is 21.4. The number of anilines is 1. The Kier molecular flexibility index (Phi) is 8.41. The minimum absolute atomic E-state index is 0.422. The number of aliphatic imine (C=N–C) groups is 2. The molecule has 1 aromatic heterocycles. The van der Waals surface area contributed by atoms with Gasteiger partial charge in [-0.25, -0.2) is 0 Å². The molecule has 1 aliphatic heterocycles. The third-order valence-corrected chi connectivity index (χ3v) is 6.43. The smallest absolute Gasteiger partial charge is 0.130 e. The van der Waals surface area contributed by atoms with Gasteiger partial charge in [0.25, 0.3) is 0 Å². The highest BCUT2D eigenvalue weighted by atomic mass is 32.1. The van der Waals surface area contributed by atoms with Gasteiger partial charge in [-0.15, -0.1) is 17.9 Å². The van der Waals surface area contributed by atoms with Crippen LogP contribution in [-0.4, -0.2) is 25.1 Å². The van der Waals surface area contributed by atoms with E-state index >= 15 is 0 Å². The number of amidine groups is 1. The summed E-state index contributed by atoms with van der Waals surface area (Å²) in [6.45, 7) is 25.8. The van der Waals surface area contributed by atoms with Crippen LogP contribution < -0.4 is 4.90 Å². The third-order valence-electron chi connectivity index (χ3n) is 5.24. The summed E-state index contributed by atoms with van der Waals surface area (Å²) in [5.74, 6) is 0.937. The molecule has 0 atom stereocenters. The van der Waals surface area contributed by atoms with Gasteiger partial charge in [-0.1, -0.05) is 62.8 Å². The number of rotatable bonds is 3. The standard InChI is InChI=1S/C20H23N3S.C8H16/c1-12(2)23-17(21-6)11-22-19(16-9-7-13(3)8-10-16)18-14(4)15(5)24-20(18)23;1-7(2)6-8(3,4)5/h7-10H,1,11H2,2-6H3;1,6H2,2-5H3. The van der Waals surface area contributed by atoms with Crippen LogP contribution in [0.1, 0.15) is 68.2 Å². The molecular weight excluding hydrogens is 410 g/mol. The summed E-state index contributed by atoms with van der Waals surface area (Å²) < 4.78 is 0. The van der Waals surface area contributed by atoms with Crippen LogP contribution >= 0.6 is 11.3 Å². The van der Waals surface area contributed by atoms with Crippen molar-refractivity contribution in [3.05, 3.63) is 75.8 Å². The van der Waals surface area contributed by atoms with Gasteiger partial charge < -0.3 is 0 Å². The molecule has 0 aliphatic carbocycles. The number of benzene rings is 1. The van der Waals surface area contributed by atoms with Crippen LogP contribution in [0.2, 0.25) is 0 Å². The minimum Gasteiger partial charge on any atom is -0.292 e. The van der Waals surface area contributed by atoms with Gasteiger partial charge >= 0.3 is 0 Å². The molecule has 172 valence electrons. The molecule has 0 bridgehead atoms. The number of nitrogens with zero attached hydrogens (tertiary/aromatic N) is 3. The lowest BCUT2D eigenvalue weighted by Crippen LogP contribution is -2.29. The molecule has 1 aromatic carbocycles. The Labute approximate surface area is 199 Å².